The molecule has 3 unspecified atom stereocenters. The molecule has 3 atom stereocenters. The highest BCUT2D eigenvalue weighted by Crippen LogP contribution is 2.26. The first kappa shape index (κ1) is 13.3. The number of hydrogen-bond donors (Lipinski definition) is 3. The summed E-state index contributed by atoms with van der Waals surface area (Å²) in [6.07, 6.45) is 0. The van der Waals surface area contributed by atoms with Crippen LogP contribution >= 0.6 is 15.9 Å². The molecule has 96 valence electrons. The number of benzene rings is 1. The normalized spacial score (nSPS) is 28.7. The number of nitrogens with one attached hydrogen (secondary N) is 3. The zero-order valence-corrected chi connectivity index (χ0v) is 12.0. The zero-order valence-electron chi connectivity index (χ0n) is 10.4. The van der Waals surface area contributed by atoms with E-state index in [1.54, 1.807) is 0 Å². The van der Waals surface area contributed by atoms with E-state index in [1.165, 1.54) is 0 Å². The fourth-order valence-electron chi connectivity index (χ4n) is 2.43. The van der Waals surface area contributed by atoms with Gasteiger partial charge in [-0.15, -0.1) is 0 Å². The van der Waals surface area contributed by atoms with Gasteiger partial charge in [-0.05, 0) is 41.9 Å². The van der Waals surface area contributed by atoms with E-state index in [-0.39, 0.29) is 24.0 Å². The van der Waals surface area contributed by atoms with E-state index < -0.39 is 0 Å². The van der Waals surface area contributed by atoms with E-state index in [0.717, 1.165) is 10.2 Å². The van der Waals surface area contributed by atoms with Crippen molar-refractivity contribution >= 4 is 21.6 Å². The first-order valence-corrected chi connectivity index (χ1v) is 6.84. The van der Waals surface area contributed by atoms with Crippen LogP contribution in [0.4, 0.5) is 5.69 Å². The predicted octanol–water partition coefficient (Wildman–Crippen LogP) is 2.25. The Morgan fingerprint density at radius 1 is 1.28 bits per heavy atom. The smallest absolute Gasteiger partial charge is 0.120 e. The Morgan fingerprint density at radius 2 is 1.89 bits per heavy atom. The van der Waals surface area contributed by atoms with Gasteiger partial charge in [-0.25, -0.2) is 0 Å². The minimum Gasteiger partial charge on any atom is -0.369 e. The summed E-state index contributed by atoms with van der Waals surface area (Å²) in [6, 6.07) is 10.5. The molecule has 0 aliphatic carbocycles. The third-order valence-corrected chi connectivity index (χ3v) is 4.09. The predicted molar refractivity (Wildman–Crippen MR) is 75.9 cm³/mol. The van der Waals surface area contributed by atoms with Crippen LogP contribution in [0.25, 0.3) is 0 Å². The Bertz CT molecular complexity index is 447. The molecule has 3 N–H and O–H groups in total. The second kappa shape index (κ2) is 5.70. The van der Waals surface area contributed by atoms with Gasteiger partial charge in [0.1, 0.15) is 6.04 Å². The highest BCUT2D eigenvalue weighted by atomic mass is 79.9. The van der Waals surface area contributed by atoms with Gasteiger partial charge in [0, 0.05) is 28.2 Å². The standard InChI is InChI=1S/C13H17BrN4/c1-8-13(9(2)18-17-8)12(7-15)16-11-6-4-3-5-10(11)14/h3-6,8-9,12-13,16-18H,1-2H3. The van der Waals surface area contributed by atoms with E-state index in [9.17, 15) is 5.26 Å². The summed E-state index contributed by atoms with van der Waals surface area (Å²) < 4.78 is 0.976. The van der Waals surface area contributed by atoms with Crippen molar-refractivity contribution in [2.75, 3.05) is 5.32 Å². The molecule has 0 radical (unpaired) electrons. The molecule has 1 aliphatic heterocycles. The van der Waals surface area contributed by atoms with Crippen molar-refractivity contribution in [2.24, 2.45) is 5.92 Å². The molecule has 5 heteroatoms. The van der Waals surface area contributed by atoms with E-state index >= 15 is 0 Å². The van der Waals surface area contributed by atoms with E-state index in [0.29, 0.717) is 0 Å². The molecule has 1 aromatic rings. The summed E-state index contributed by atoms with van der Waals surface area (Å²) in [6.45, 7) is 4.18. The minimum absolute atomic E-state index is 0.224. The van der Waals surface area contributed by atoms with Crippen LogP contribution < -0.4 is 16.2 Å². The lowest BCUT2D eigenvalue weighted by Crippen LogP contribution is -2.39. The summed E-state index contributed by atoms with van der Waals surface area (Å²) in [4.78, 5) is 0. The molecule has 0 saturated carbocycles. The molecule has 1 aromatic carbocycles. The van der Waals surface area contributed by atoms with Crippen LogP contribution in [0.2, 0.25) is 0 Å². The number of hydrogen-bond acceptors (Lipinski definition) is 4. The Morgan fingerprint density at radius 3 is 2.44 bits per heavy atom. The van der Waals surface area contributed by atoms with Gasteiger partial charge in [0.05, 0.1) is 6.07 Å². The van der Waals surface area contributed by atoms with Crippen molar-refractivity contribution < 1.29 is 0 Å². The topological polar surface area (TPSA) is 59.9 Å². The lowest BCUT2D eigenvalue weighted by Gasteiger charge is -2.25. The maximum Gasteiger partial charge on any atom is 0.120 e. The quantitative estimate of drug-likeness (QED) is 0.801. The molecule has 18 heavy (non-hydrogen) atoms. The summed E-state index contributed by atoms with van der Waals surface area (Å²) >= 11 is 3.49. The monoisotopic (exact) mass is 308 g/mol. The molecule has 0 amide bonds. The summed E-state index contributed by atoms with van der Waals surface area (Å²) in [5.74, 6) is 0.224. The third kappa shape index (κ3) is 2.66. The van der Waals surface area contributed by atoms with Crippen molar-refractivity contribution in [3.63, 3.8) is 0 Å². The van der Waals surface area contributed by atoms with Gasteiger partial charge >= 0.3 is 0 Å². The Labute approximate surface area is 116 Å². The SMILES string of the molecule is CC1NNC(C)C1C(C#N)Nc1ccccc1Br. The van der Waals surface area contributed by atoms with Gasteiger partial charge < -0.3 is 5.32 Å². The van der Waals surface area contributed by atoms with Crippen LogP contribution in [-0.4, -0.2) is 18.1 Å². The van der Waals surface area contributed by atoms with Crippen molar-refractivity contribution in [3.05, 3.63) is 28.7 Å². The first-order chi connectivity index (χ1) is 8.63. The van der Waals surface area contributed by atoms with Crippen molar-refractivity contribution in [1.82, 2.24) is 10.9 Å². The first-order valence-electron chi connectivity index (χ1n) is 6.05. The Kier molecular flexibility index (Phi) is 4.23. The molecule has 1 aliphatic rings. The molecule has 1 heterocycles. The van der Waals surface area contributed by atoms with Gasteiger partial charge in [-0.1, -0.05) is 12.1 Å². The van der Waals surface area contributed by atoms with Crippen LogP contribution in [0.15, 0.2) is 28.7 Å². The molecule has 1 fully saturated rings. The number of hydrazine groups is 1. The molecule has 1 saturated heterocycles. The van der Waals surface area contributed by atoms with Gasteiger partial charge in [0.25, 0.3) is 0 Å². The molecule has 2 rings (SSSR count). The largest absolute Gasteiger partial charge is 0.369 e. The van der Waals surface area contributed by atoms with E-state index in [1.807, 2.05) is 24.3 Å². The molecule has 0 aromatic heterocycles. The fraction of sp³-hybridized carbons (Fsp3) is 0.462. The highest BCUT2D eigenvalue weighted by molar-refractivity contribution is 9.10. The number of nitriles is 1. The highest BCUT2D eigenvalue weighted by Gasteiger charge is 2.36. The maximum atomic E-state index is 9.39. The van der Waals surface area contributed by atoms with Gasteiger partial charge in [-0.2, -0.15) is 5.26 Å². The summed E-state index contributed by atoms with van der Waals surface area (Å²) in [5.41, 5.74) is 7.32. The van der Waals surface area contributed by atoms with Gasteiger partial charge in [0.2, 0.25) is 0 Å². The number of nitrogens with zero attached hydrogens (tertiary/aromatic N) is 1. The second-order valence-corrected chi connectivity index (χ2v) is 5.53. The number of halogens is 1. The van der Waals surface area contributed by atoms with Crippen molar-refractivity contribution in [1.29, 1.82) is 5.26 Å². The molecule has 4 nitrogen and oxygen atoms in total. The average Bonchev–Trinajstić information content (AvgIpc) is 2.69. The average molecular weight is 309 g/mol. The van der Waals surface area contributed by atoms with Gasteiger partial charge in [0.15, 0.2) is 0 Å². The van der Waals surface area contributed by atoms with Crippen LogP contribution in [0.5, 0.6) is 0 Å². The number of rotatable bonds is 3. The summed E-state index contributed by atoms with van der Waals surface area (Å²) in [7, 11) is 0. The molecule has 0 bridgehead atoms. The van der Waals surface area contributed by atoms with Crippen molar-refractivity contribution in [3.8, 4) is 6.07 Å². The lowest BCUT2D eigenvalue weighted by atomic mass is 9.89. The lowest BCUT2D eigenvalue weighted by molar-refractivity contribution is 0.424. The van der Waals surface area contributed by atoms with Gasteiger partial charge in [-0.3, -0.25) is 10.9 Å². The van der Waals surface area contributed by atoms with Crippen molar-refractivity contribution in [2.45, 2.75) is 32.0 Å². The second-order valence-electron chi connectivity index (χ2n) is 4.67. The van der Waals surface area contributed by atoms with E-state index in [2.05, 4.69) is 52.0 Å². The summed E-state index contributed by atoms with van der Waals surface area (Å²) in [5, 5.41) is 12.7. The Balaban J connectivity index is 2.16. The number of anilines is 1. The zero-order chi connectivity index (χ0) is 13.1. The number of para-hydroxylation sites is 1. The maximum absolute atomic E-state index is 9.39. The fourth-order valence-corrected chi connectivity index (χ4v) is 2.83. The van der Waals surface area contributed by atoms with Crippen LogP contribution in [0, 0.1) is 17.2 Å². The molecular weight excluding hydrogens is 292 g/mol. The van der Waals surface area contributed by atoms with Crippen LogP contribution in [0.1, 0.15) is 13.8 Å². The minimum atomic E-state index is -0.226. The Hall–Kier alpha value is -1.09. The third-order valence-electron chi connectivity index (χ3n) is 3.40. The molecule has 0 spiro atoms. The van der Waals surface area contributed by atoms with Crippen LogP contribution in [0.3, 0.4) is 0 Å². The van der Waals surface area contributed by atoms with Crippen LogP contribution in [-0.2, 0) is 0 Å². The van der Waals surface area contributed by atoms with E-state index in [4.69, 9.17) is 0 Å². The molecular formula is C13H17BrN4.